The number of para-hydroxylation sites is 1. The Kier molecular flexibility index (Phi) is 6.62. The Labute approximate surface area is 313 Å². The Morgan fingerprint density at radius 3 is 1.98 bits per heavy atom. The second-order valence-corrected chi connectivity index (χ2v) is 15.0. The molecule has 2 heterocycles. The van der Waals surface area contributed by atoms with E-state index in [1.807, 2.05) is 30.3 Å². The van der Waals surface area contributed by atoms with Gasteiger partial charge in [-0.3, -0.25) is 0 Å². The van der Waals surface area contributed by atoms with Crippen LogP contribution in [0.2, 0.25) is 0 Å². The summed E-state index contributed by atoms with van der Waals surface area (Å²) in [5.41, 5.74) is 12.4. The van der Waals surface area contributed by atoms with Crippen LogP contribution in [-0.2, 0) is 5.41 Å². The second-order valence-electron chi connectivity index (χ2n) is 15.0. The number of hydrogen-bond donors (Lipinski definition) is 1. The predicted octanol–water partition coefficient (Wildman–Crippen LogP) is 12.4. The topological polar surface area (TPSA) is 49.9 Å². The zero-order valence-corrected chi connectivity index (χ0v) is 30.0. The summed E-state index contributed by atoms with van der Waals surface area (Å²) >= 11 is 0. The first kappa shape index (κ1) is 30.8. The molecule has 1 aliphatic heterocycles. The van der Waals surface area contributed by atoms with Crippen LogP contribution in [-0.4, -0.2) is 11.7 Å². The van der Waals surface area contributed by atoms with E-state index in [1.165, 1.54) is 60.3 Å². The molecule has 11 rings (SSSR count). The van der Waals surface area contributed by atoms with Crippen molar-refractivity contribution in [3.05, 3.63) is 192 Å². The van der Waals surface area contributed by atoms with Crippen molar-refractivity contribution in [1.82, 2.24) is 5.32 Å². The van der Waals surface area contributed by atoms with Gasteiger partial charge in [0.05, 0.1) is 0 Å². The largest absolute Gasteiger partial charge is 0.456 e. The van der Waals surface area contributed by atoms with Gasteiger partial charge in [0.2, 0.25) is 0 Å². The van der Waals surface area contributed by atoms with E-state index in [0.717, 1.165) is 44.9 Å². The van der Waals surface area contributed by atoms with Gasteiger partial charge in [-0.2, -0.15) is 0 Å². The summed E-state index contributed by atoms with van der Waals surface area (Å²) in [7, 11) is 0. The maximum Gasteiger partial charge on any atom is 0.159 e. The molecule has 1 atom stereocenters. The molecule has 0 bridgehead atoms. The van der Waals surface area contributed by atoms with Crippen molar-refractivity contribution in [2.45, 2.75) is 25.4 Å². The molecule has 0 spiro atoms. The van der Waals surface area contributed by atoms with Gasteiger partial charge in [-0.25, -0.2) is 9.98 Å². The normalized spacial score (nSPS) is 15.9. The van der Waals surface area contributed by atoms with E-state index >= 15 is 0 Å². The molecule has 54 heavy (non-hydrogen) atoms. The Balaban J connectivity index is 0.984. The molecule has 0 amide bonds. The van der Waals surface area contributed by atoms with Crippen LogP contribution in [0.5, 0.6) is 0 Å². The van der Waals surface area contributed by atoms with Gasteiger partial charge in [-0.1, -0.05) is 147 Å². The zero-order chi connectivity index (χ0) is 36.0. The highest BCUT2D eigenvalue weighted by Gasteiger charge is 2.36. The summed E-state index contributed by atoms with van der Waals surface area (Å²) in [6, 6.07) is 58.5. The molecule has 0 radical (unpaired) electrons. The van der Waals surface area contributed by atoms with Gasteiger partial charge < -0.3 is 9.73 Å². The lowest BCUT2D eigenvalue weighted by atomic mass is 9.81. The Hall–Kier alpha value is -6.78. The van der Waals surface area contributed by atoms with Gasteiger partial charge >= 0.3 is 0 Å². The first-order valence-electron chi connectivity index (χ1n) is 18.6. The number of nitrogens with zero attached hydrogens (tertiary/aromatic N) is 2. The first-order valence-corrected chi connectivity index (χ1v) is 18.6. The highest BCUT2D eigenvalue weighted by atomic mass is 16.3. The molecule has 9 aromatic rings. The molecular weight excluding hydrogens is 659 g/mol. The van der Waals surface area contributed by atoms with E-state index in [9.17, 15) is 0 Å². The van der Waals surface area contributed by atoms with Crippen molar-refractivity contribution in [2.75, 3.05) is 0 Å². The third-order valence-corrected chi connectivity index (χ3v) is 11.5. The van der Waals surface area contributed by atoms with E-state index in [2.05, 4.69) is 153 Å². The zero-order valence-electron chi connectivity index (χ0n) is 30.0. The van der Waals surface area contributed by atoms with Crippen molar-refractivity contribution in [1.29, 1.82) is 0 Å². The number of furan rings is 1. The van der Waals surface area contributed by atoms with E-state index < -0.39 is 0 Å². The summed E-state index contributed by atoms with van der Waals surface area (Å²) in [4.78, 5) is 10.3. The van der Waals surface area contributed by atoms with Crippen LogP contribution in [0.1, 0.15) is 47.8 Å². The molecule has 8 aromatic carbocycles. The van der Waals surface area contributed by atoms with Crippen LogP contribution in [0.4, 0.5) is 0 Å². The van der Waals surface area contributed by atoms with Crippen LogP contribution in [0.15, 0.2) is 178 Å². The number of rotatable bonds is 4. The minimum Gasteiger partial charge on any atom is -0.456 e. The SMILES string of the molecule is CC1(C)c2cc(C3=NC(c4ccccc4)NC(c4ccccc4)=N3)ccc2-c2ccc(-c3ccc4c(ccc5ccc6oc7ccccc7c6c54)c3)cc21. The number of fused-ring (bicyclic) bond motifs is 10. The molecule has 256 valence electrons. The molecule has 1 N–H and O–H groups in total. The molecule has 0 saturated carbocycles. The van der Waals surface area contributed by atoms with Crippen LogP contribution in [0.25, 0.3) is 65.7 Å². The highest BCUT2D eigenvalue weighted by molar-refractivity contribution is 6.26. The maximum absolute atomic E-state index is 6.26. The minimum absolute atomic E-state index is 0.212. The molecule has 4 nitrogen and oxygen atoms in total. The third-order valence-electron chi connectivity index (χ3n) is 11.5. The fraction of sp³-hybridized carbons (Fsp3) is 0.0800. The first-order chi connectivity index (χ1) is 26.5. The van der Waals surface area contributed by atoms with E-state index in [4.69, 9.17) is 14.4 Å². The smallest absolute Gasteiger partial charge is 0.159 e. The average molecular weight is 694 g/mol. The van der Waals surface area contributed by atoms with Crippen molar-refractivity contribution in [2.24, 2.45) is 9.98 Å². The molecular formula is C50H35N3O. The minimum atomic E-state index is -0.236. The highest BCUT2D eigenvalue weighted by Crippen LogP contribution is 2.50. The molecule has 2 aliphatic rings. The summed E-state index contributed by atoms with van der Waals surface area (Å²) in [6.07, 6.45) is -0.236. The van der Waals surface area contributed by atoms with E-state index in [0.29, 0.717) is 0 Å². The van der Waals surface area contributed by atoms with Crippen molar-refractivity contribution < 1.29 is 4.42 Å². The fourth-order valence-electron chi connectivity index (χ4n) is 8.73. The van der Waals surface area contributed by atoms with E-state index in [-0.39, 0.29) is 11.6 Å². The fourth-order valence-corrected chi connectivity index (χ4v) is 8.73. The van der Waals surface area contributed by atoms with Gasteiger partial charge in [0, 0.05) is 32.7 Å². The molecule has 4 heteroatoms. The number of hydrogen-bond acceptors (Lipinski definition) is 4. The van der Waals surface area contributed by atoms with Gasteiger partial charge in [0.1, 0.15) is 23.2 Å². The molecule has 1 unspecified atom stereocenters. The van der Waals surface area contributed by atoms with Crippen molar-refractivity contribution in [3.8, 4) is 22.3 Å². The number of aliphatic imine (C=N–C) groups is 2. The van der Waals surface area contributed by atoms with Crippen LogP contribution in [0, 0.1) is 0 Å². The van der Waals surface area contributed by atoms with Crippen molar-refractivity contribution in [3.63, 3.8) is 0 Å². The molecule has 0 saturated heterocycles. The Bertz CT molecular complexity index is 3040. The summed E-state index contributed by atoms with van der Waals surface area (Å²) < 4.78 is 6.26. The number of benzene rings is 8. The molecule has 1 aromatic heterocycles. The van der Waals surface area contributed by atoms with Gasteiger partial charge in [-0.05, 0) is 85.4 Å². The van der Waals surface area contributed by atoms with E-state index in [1.54, 1.807) is 0 Å². The lowest BCUT2D eigenvalue weighted by Crippen LogP contribution is -2.33. The molecule has 0 fully saturated rings. The van der Waals surface area contributed by atoms with Crippen LogP contribution < -0.4 is 5.32 Å². The lowest BCUT2D eigenvalue weighted by Gasteiger charge is -2.25. The van der Waals surface area contributed by atoms with Gasteiger partial charge in [0.15, 0.2) is 5.84 Å². The summed E-state index contributed by atoms with van der Waals surface area (Å²) in [5, 5.41) is 10.9. The standard InChI is InChI=1S/C50H35N3O/c1-50(2)41-28-34(33-19-23-37-35(27-33)18-17-30-22-26-44-46(45(30)37)40-15-9-10-16-43(40)54-44)20-24-38(41)39-25-21-36(29-42(39)50)49-52-47(31-11-5-3-6-12-31)51-48(53-49)32-13-7-4-8-14-32/h3-29,47H,1-2H3,(H,51,52,53). The Morgan fingerprint density at radius 1 is 0.519 bits per heavy atom. The average Bonchev–Trinajstić information content (AvgIpc) is 3.72. The number of nitrogens with one attached hydrogen (secondary N) is 1. The predicted molar refractivity (Wildman–Crippen MR) is 224 cm³/mol. The third kappa shape index (κ3) is 4.70. The summed E-state index contributed by atoms with van der Waals surface area (Å²) in [6.45, 7) is 4.68. The lowest BCUT2D eigenvalue weighted by molar-refractivity contribution is 0.659. The second kappa shape index (κ2) is 11.6. The quantitative estimate of drug-likeness (QED) is 0.187. The monoisotopic (exact) mass is 693 g/mol. The van der Waals surface area contributed by atoms with Crippen LogP contribution in [0.3, 0.4) is 0 Å². The summed E-state index contributed by atoms with van der Waals surface area (Å²) in [5.74, 6) is 1.56. The van der Waals surface area contributed by atoms with Gasteiger partial charge in [0.25, 0.3) is 0 Å². The van der Waals surface area contributed by atoms with Gasteiger partial charge in [-0.15, -0.1) is 0 Å². The van der Waals surface area contributed by atoms with Crippen LogP contribution >= 0.6 is 0 Å². The number of amidine groups is 2. The molecule has 1 aliphatic carbocycles. The maximum atomic E-state index is 6.26. The van der Waals surface area contributed by atoms with Crippen molar-refractivity contribution >= 4 is 55.2 Å². The Morgan fingerprint density at radius 2 is 1.17 bits per heavy atom.